The fourth-order valence-electron chi connectivity index (χ4n) is 3.27. The molecule has 0 aliphatic carbocycles. The van der Waals surface area contributed by atoms with Gasteiger partial charge in [-0.2, -0.15) is 0 Å². The first-order valence-corrected chi connectivity index (χ1v) is 9.41. The van der Waals surface area contributed by atoms with Crippen molar-refractivity contribution in [1.29, 1.82) is 0 Å². The van der Waals surface area contributed by atoms with Crippen LogP contribution in [0.25, 0.3) is 0 Å². The van der Waals surface area contributed by atoms with Crippen LogP contribution in [0.15, 0.2) is 83.3 Å². The molecule has 1 fully saturated rings. The fourth-order valence-corrected chi connectivity index (χ4v) is 3.79. The van der Waals surface area contributed by atoms with Crippen LogP contribution in [0.4, 0.5) is 5.69 Å². The standard InChI is InChI=1S/C22H18BrNO3/c1-26-16-13-11-15(12-14-16)24-20(18-9-5-6-10-19(18)23)21(22(24)25)27-17-7-3-2-4-8-17/h2-14,20-21H,1H3/t20-,21+/m0/s1. The summed E-state index contributed by atoms with van der Waals surface area (Å²) in [5.74, 6) is 1.37. The fraction of sp³-hybridized carbons (Fsp3) is 0.136. The molecule has 0 aromatic heterocycles. The van der Waals surface area contributed by atoms with Crippen LogP contribution in [0.2, 0.25) is 0 Å². The van der Waals surface area contributed by atoms with Crippen molar-refractivity contribution < 1.29 is 14.3 Å². The Morgan fingerprint density at radius 3 is 2.19 bits per heavy atom. The monoisotopic (exact) mass is 423 g/mol. The number of methoxy groups -OCH3 is 1. The quantitative estimate of drug-likeness (QED) is 0.542. The first-order chi connectivity index (χ1) is 13.2. The zero-order valence-electron chi connectivity index (χ0n) is 14.7. The van der Waals surface area contributed by atoms with Crippen LogP contribution in [0, 0.1) is 0 Å². The molecule has 1 aliphatic rings. The number of anilines is 1. The van der Waals surface area contributed by atoms with Crippen LogP contribution >= 0.6 is 15.9 Å². The van der Waals surface area contributed by atoms with Crippen molar-refractivity contribution in [2.75, 3.05) is 12.0 Å². The van der Waals surface area contributed by atoms with Gasteiger partial charge in [0.05, 0.1) is 7.11 Å². The molecule has 1 amide bonds. The number of hydrogen-bond acceptors (Lipinski definition) is 3. The minimum absolute atomic E-state index is 0.0650. The maximum atomic E-state index is 13.0. The Balaban J connectivity index is 1.70. The molecular weight excluding hydrogens is 406 g/mol. The summed E-state index contributed by atoms with van der Waals surface area (Å²) in [6.45, 7) is 0. The molecular formula is C22H18BrNO3. The van der Waals surface area contributed by atoms with Gasteiger partial charge in [-0.05, 0) is 48.0 Å². The molecule has 0 spiro atoms. The molecule has 5 heteroatoms. The first-order valence-electron chi connectivity index (χ1n) is 8.62. The summed E-state index contributed by atoms with van der Waals surface area (Å²) < 4.78 is 12.2. The van der Waals surface area contributed by atoms with Crippen molar-refractivity contribution >= 4 is 27.5 Å². The van der Waals surface area contributed by atoms with E-state index in [-0.39, 0.29) is 11.9 Å². The van der Waals surface area contributed by atoms with Gasteiger partial charge in [0.1, 0.15) is 17.5 Å². The molecule has 3 aromatic rings. The summed E-state index contributed by atoms with van der Waals surface area (Å²) in [5, 5.41) is 0. The van der Waals surface area contributed by atoms with E-state index in [1.54, 1.807) is 12.0 Å². The minimum atomic E-state index is -0.576. The van der Waals surface area contributed by atoms with Gasteiger partial charge in [0.15, 0.2) is 0 Å². The number of amides is 1. The topological polar surface area (TPSA) is 38.8 Å². The molecule has 0 unspecified atom stereocenters. The third kappa shape index (κ3) is 3.30. The minimum Gasteiger partial charge on any atom is -0.497 e. The number of hydrogen-bond donors (Lipinski definition) is 0. The van der Waals surface area contributed by atoms with E-state index in [9.17, 15) is 4.79 Å². The second-order valence-electron chi connectivity index (χ2n) is 6.22. The van der Waals surface area contributed by atoms with Gasteiger partial charge in [0.25, 0.3) is 5.91 Å². The van der Waals surface area contributed by atoms with Crippen molar-refractivity contribution in [1.82, 2.24) is 0 Å². The maximum Gasteiger partial charge on any atom is 0.271 e. The Kier molecular flexibility index (Phi) is 4.86. The highest BCUT2D eigenvalue weighted by Crippen LogP contribution is 2.43. The number of carbonyl (C=O) groups excluding carboxylic acids is 1. The number of carbonyl (C=O) groups is 1. The number of nitrogens with zero attached hydrogens (tertiary/aromatic N) is 1. The second-order valence-corrected chi connectivity index (χ2v) is 7.08. The van der Waals surface area contributed by atoms with Crippen LogP contribution in [-0.2, 0) is 4.79 Å². The van der Waals surface area contributed by atoms with Crippen molar-refractivity contribution in [2.24, 2.45) is 0 Å². The Hall–Kier alpha value is -2.79. The molecule has 4 rings (SSSR count). The van der Waals surface area contributed by atoms with E-state index >= 15 is 0 Å². The number of rotatable bonds is 5. The van der Waals surface area contributed by atoms with Crippen LogP contribution in [0.3, 0.4) is 0 Å². The van der Waals surface area contributed by atoms with Crippen molar-refractivity contribution in [3.8, 4) is 11.5 Å². The highest BCUT2D eigenvalue weighted by molar-refractivity contribution is 9.10. The molecule has 136 valence electrons. The highest BCUT2D eigenvalue weighted by atomic mass is 79.9. The van der Waals surface area contributed by atoms with E-state index in [1.807, 2.05) is 78.9 Å². The molecule has 1 heterocycles. The lowest BCUT2D eigenvalue weighted by molar-refractivity contribution is -0.135. The van der Waals surface area contributed by atoms with Gasteiger partial charge in [-0.3, -0.25) is 9.69 Å². The molecule has 0 saturated carbocycles. The van der Waals surface area contributed by atoms with Crippen molar-refractivity contribution in [3.63, 3.8) is 0 Å². The molecule has 0 radical (unpaired) electrons. The van der Waals surface area contributed by atoms with E-state index in [0.717, 1.165) is 21.5 Å². The second kappa shape index (κ2) is 7.45. The predicted molar refractivity (Wildman–Crippen MR) is 108 cm³/mol. The SMILES string of the molecule is COc1ccc(N2C(=O)[C@H](Oc3ccccc3)[C@@H]2c2ccccc2Br)cc1. The van der Waals surface area contributed by atoms with E-state index < -0.39 is 6.10 Å². The Morgan fingerprint density at radius 1 is 0.852 bits per heavy atom. The predicted octanol–water partition coefficient (Wildman–Crippen LogP) is 4.99. The van der Waals surface area contributed by atoms with Crippen LogP contribution in [0.1, 0.15) is 11.6 Å². The van der Waals surface area contributed by atoms with Gasteiger partial charge in [0.2, 0.25) is 6.10 Å². The Morgan fingerprint density at radius 2 is 1.52 bits per heavy atom. The summed E-state index contributed by atoms with van der Waals surface area (Å²) in [6, 6.07) is 24.6. The van der Waals surface area contributed by atoms with Crippen molar-refractivity contribution in [3.05, 3.63) is 88.9 Å². The third-order valence-corrected chi connectivity index (χ3v) is 5.35. The third-order valence-electron chi connectivity index (χ3n) is 4.63. The normalized spacial score (nSPS) is 18.7. The number of ether oxygens (including phenoxy) is 2. The lowest BCUT2D eigenvalue weighted by Crippen LogP contribution is -2.61. The summed E-state index contributed by atoms with van der Waals surface area (Å²) in [6.07, 6.45) is -0.576. The zero-order chi connectivity index (χ0) is 18.8. The van der Waals surface area contributed by atoms with Crippen LogP contribution < -0.4 is 14.4 Å². The summed E-state index contributed by atoms with van der Waals surface area (Å²) >= 11 is 3.61. The largest absolute Gasteiger partial charge is 0.497 e. The maximum absolute atomic E-state index is 13.0. The average molecular weight is 424 g/mol. The van der Waals surface area contributed by atoms with Gasteiger partial charge >= 0.3 is 0 Å². The van der Waals surface area contributed by atoms with E-state index in [4.69, 9.17) is 9.47 Å². The number of benzene rings is 3. The van der Waals surface area contributed by atoms with E-state index in [0.29, 0.717) is 5.75 Å². The van der Waals surface area contributed by atoms with Crippen LogP contribution in [-0.4, -0.2) is 19.1 Å². The summed E-state index contributed by atoms with van der Waals surface area (Å²) in [7, 11) is 1.62. The molecule has 0 bridgehead atoms. The molecule has 3 aromatic carbocycles. The molecule has 0 N–H and O–H groups in total. The Labute approximate surface area is 166 Å². The average Bonchev–Trinajstić information content (AvgIpc) is 2.72. The lowest BCUT2D eigenvalue weighted by Gasteiger charge is -2.47. The number of para-hydroxylation sites is 1. The highest BCUT2D eigenvalue weighted by Gasteiger charge is 2.51. The van der Waals surface area contributed by atoms with E-state index in [1.165, 1.54) is 0 Å². The van der Waals surface area contributed by atoms with Gasteiger partial charge < -0.3 is 9.47 Å². The molecule has 1 aliphatic heterocycles. The molecule has 4 nitrogen and oxygen atoms in total. The molecule has 27 heavy (non-hydrogen) atoms. The van der Waals surface area contributed by atoms with Gasteiger partial charge in [-0.15, -0.1) is 0 Å². The Bertz CT molecular complexity index is 943. The smallest absolute Gasteiger partial charge is 0.271 e. The molecule has 2 atom stereocenters. The van der Waals surface area contributed by atoms with Crippen LogP contribution in [0.5, 0.6) is 11.5 Å². The summed E-state index contributed by atoms with van der Waals surface area (Å²) in [5.41, 5.74) is 1.82. The van der Waals surface area contributed by atoms with E-state index in [2.05, 4.69) is 15.9 Å². The zero-order valence-corrected chi connectivity index (χ0v) is 16.3. The summed E-state index contributed by atoms with van der Waals surface area (Å²) in [4.78, 5) is 14.7. The van der Waals surface area contributed by atoms with Gasteiger partial charge in [0, 0.05) is 10.2 Å². The first kappa shape index (κ1) is 17.6. The molecule has 1 saturated heterocycles. The number of halogens is 1. The van der Waals surface area contributed by atoms with Gasteiger partial charge in [-0.1, -0.05) is 52.3 Å². The number of β-lactam (4-membered cyclic amide) rings is 1. The van der Waals surface area contributed by atoms with Gasteiger partial charge in [-0.25, -0.2) is 0 Å². The van der Waals surface area contributed by atoms with Crippen molar-refractivity contribution in [2.45, 2.75) is 12.1 Å². The lowest BCUT2D eigenvalue weighted by atomic mass is 9.89.